The third kappa shape index (κ3) is 4.13. The van der Waals surface area contributed by atoms with Crippen LogP contribution in [0.1, 0.15) is 26.3 Å². The highest BCUT2D eigenvalue weighted by atomic mass is 16.5. The minimum Gasteiger partial charge on any atom is -0.496 e. The molecule has 0 aliphatic heterocycles. The molecular formula is C20H24O3. The van der Waals surface area contributed by atoms with Gasteiger partial charge in [-0.3, -0.25) is 4.79 Å². The van der Waals surface area contributed by atoms with Crippen molar-refractivity contribution in [2.24, 2.45) is 11.3 Å². The number of hydrogen-bond acceptors (Lipinski definition) is 2. The molecular weight excluding hydrogens is 288 g/mol. The lowest BCUT2D eigenvalue weighted by atomic mass is 9.77. The third-order valence-electron chi connectivity index (χ3n) is 4.13. The van der Waals surface area contributed by atoms with E-state index in [0.29, 0.717) is 6.42 Å². The van der Waals surface area contributed by atoms with Crippen LogP contribution in [0.2, 0.25) is 0 Å². The van der Waals surface area contributed by atoms with Gasteiger partial charge in [0.1, 0.15) is 5.75 Å². The molecule has 2 aromatic rings. The maximum Gasteiger partial charge on any atom is 0.307 e. The molecule has 0 fully saturated rings. The maximum atomic E-state index is 11.6. The van der Waals surface area contributed by atoms with Crippen LogP contribution in [0.15, 0.2) is 48.5 Å². The molecule has 0 heterocycles. The summed E-state index contributed by atoms with van der Waals surface area (Å²) in [6.45, 7) is 5.88. The average molecular weight is 312 g/mol. The van der Waals surface area contributed by atoms with E-state index in [0.717, 1.165) is 22.4 Å². The first-order valence-electron chi connectivity index (χ1n) is 7.78. The van der Waals surface area contributed by atoms with E-state index >= 15 is 0 Å². The second-order valence-electron chi connectivity index (χ2n) is 6.86. The predicted molar refractivity (Wildman–Crippen MR) is 92.7 cm³/mol. The number of benzene rings is 2. The molecule has 23 heavy (non-hydrogen) atoms. The minimum absolute atomic E-state index is 0.294. The molecule has 0 amide bonds. The van der Waals surface area contributed by atoms with Gasteiger partial charge in [-0.05, 0) is 29.0 Å². The van der Waals surface area contributed by atoms with Gasteiger partial charge in [-0.25, -0.2) is 0 Å². The van der Waals surface area contributed by atoms with Crippen molar-refractivity contribution in [2.75, 3.05) is 7.11 Å². The summed E-state index contributed by atoms with van der Waals surface area (Å²) in [5, 5.41) is 9.50. The van der Waals surface area contributed by atoms with Gasteiger partial charge >= 0.3 is 5.97 Å². The zero-order valence-corrected chi connectivity index (χ0v) is 14.2. The molecule has 0 aromatic heterocycles. The van der Waals surface area contributed by atoms with Crippen LogP contribution in [0.5, 0.6) is 5.75 Å². The van der Waals surface area contributed by atoms with Gasteiger partial charge in [-0.2, -0.15) is 0 Å². The molecule has 1 atom stereocenters. The van der Waals surface area contributed by atoms with Crippen LogP contribution in [0, 0.1) is 11.3 Å². The summed E-state index contributed by atoms with van der Waals surface area (Å²) in [6, 6.07) is 16.0. The van der Waals surface area contributed by atoms with Crippen molar-refractivity contribution in [1.82, 2.24) is 0 Å². The fourth-order valence-corrected chi connectivity index (χ4v) is 2.72. The Balaban J connectivity index is 2.34. The van der Waals surface area contributed by atoms with Gasteiger partial charge in [0.2, 0.25) is 0 Å². The van der Waals surface area contributed by atoms with E-state index in [-0.39, 0.29) is 5.41 Å². The van der Waals surface area contributed by atoms with Gasteiger partial charge in [-0.1, -0.05) is 63.2 Å². The number of carbonyl (C=O) groups is 1. The average Bonchev–Trinajstić information content (AvgIpc) is 2.51. The highest BCUT2D eigenvalue weighted by Crippen LogP contribution is 2.34. The molecule has 122 valence electrons. The zero-order valence-electron chi connectivity index (χ0n) is 14.2. The van der Waals surface area contributed by atoms with Gasteiger partial charge in [-0.15, -0.1) is 0 Å². The first kappa shape index (κ1) is 17.1. The fraction of sp³-hybridized carbons (Fsp3) is 0.350. The molecule has 0 saturated carbocycles. The van der Waals surface area contributed by atoms with Crippen LogP contribution in [-0.4, -0.2) is 18.2 Å². The summed E-state index contributed by atoms with van der Waals surface area (Å²) in [5.41, 5.74) is 2.78. The van der Waals surface area contributed by atoms with Gasteiger partial charge in [0, 0.05) is 5.56 Å². The largest absolute Gasteiger partial charge is 0.496 e. The highest BCUT2D eigenvalue weighted by Gasteiger charge is 2.31. The van der Waals surface area contributed by atoms with Crippen molar-refractivity contribution in [3.05, 3.63) is 54.1 Å². The molecule has 0 bridgehead atoms. The van der Waals surface area contributed by atoms with E-state index in [4.69, 9.17) is 4.74 Å². The Hall–Kier alpha value is -2.29. The van der Waals surface area contributed by atoms with Crippen molar-refractivity contribution in [2.45, 2.75) is 27.2 Å². The number of aliphatic carboxylic acids is 1. The summed E-state index contributed by atoms with van der Waals surface area (Å²) >= 11 is 0. The molecule has 0 aliphatic rings. The number of carboxylic acids is 1. The van der Waals surface area contributed by atoms with Crippen LogP contribution < -0.4 is 4.74 Å². The van der Waals surface area contributed by atoms with E-state index in [9.17, 15) is 9.90 Å². The lowest BCUT2D eigenvalue weighted by molar-refractivity contribution is -0.145. The van der Waals surface area contributed by atoms with Crippen molar-refractivity contribution in [3.8, 4) is 16.9 Å². The van der Waals surface area contributed by atoms with E-state index in [1.165, 1.54) is 0 Å². The first-order chi connectivity index (χ1) is 10.8. The Bertz CT molecular complexity index is 669. The SMILES string of the molecule is COc1cc(CC(C(=O)O)C(C)(C)C)ccc1-c1ccccc1. The fourth-order valence-electron chi connectivity index (χ4n) is 2.72. The van der Waals surface area contributed by atoms with Crippen LogP contribution in [0.3, 0.4) is 0 Å². The molecule has 2 aromatic carbocycles. The Kier molecular flexibility index (Phi) is 5.09. The molecule has 1 N–H and O–H groups in total. The number of ether oxygens (including phenoxy) is 1. The van der Waals surface area contributed by atoms with E-state index in [2.05, 4.69) is 0 Å². The monoisotopic (exact) mass is 312 g/mol. The smallest absolute Gasteiger partial charge is 0.307 e. The van der Waals surface area contributed by atoms with Crippen LogP contribution >= 0.6 is 0 Å². The standard InChI is InChI=1S/C20H24O3/c1-20(2,3)17(19(21)22)12-14-10-11-16(18(13-14)23-4)15-8-6-5-7-9-15/h5-11,13,17H,12H2,1-4H3,(H,21,22). The summed E-state index contributed by atoms with van der Waals surface area (Å²) in [7, 11) is 1.64. The molecule has 0 radical (unpaired) electrons. The van der Waals surface area contributed by atoms with Gasteiger partial charge in [0.05, 0.1) is 13.0 Å². The summed E-state index contributed by atoms with van der Waals surface area (Å²) in [4.78, 5) is 11.6. The van der Waals surface area contributed by atoms with Crippen molar-refractivity contribution >= 4 is 5.97 Å². The minimum atomic E-state index is -0.761. The third-order valence-corrected chi connectivity index (χ3v) is 4.13. The quantitative estimate of drug-likeness (QED) is 0.874. The summed E-state index contributed by atoms with van der Waals surface area (Å²) < 4.78 is 5.52. The van der Waals surface area contributed by atoms with Gasteiger partial charge in [0.25, 0.3) is 0 Å². The second-order valence-corrected chi connectivity index (χ2v) is 6.86. The first-order valence-corrected chi connectivity index (χ1v) is 7.78. The Morgan fingerprint density at radius 1 is 1.13 bits per heavy atom. The molecule has 2 rings (SSSR count). The van der Waals surface area contributed by atoms with Crippen molar-refractivity contribution in [3.63, 3.8) is 0 Å². The normalized spacial score (nSPS) is 12.7. The zero-order chi connectivity index (χ0) is 17.0. The number of rotatable bonds is 5. The van der Waals surface area contributed by atoms with Crippen molar-refractivity contribution in [1.29, 1.82) is 0 Å². The van der Waals surface area contributed by atoms with Crippen LogP contribution in [0.4, 0.5) is 0 Å². The number of hydrogen-bond donors (Lipinski definition) is 1. The van der Waals surface area contributed by atoms with Crippen molar-refractivity contribution < 1.29 is 14.6 Å². The maximum absolute atomic E-state index is 11.6. The predicted octanol–water partition coefficient (Wildman–Crippen LogP) is 4.65. The molecule has 1 unspecified atom stereocenters. The number of carboxylic acid groups (broad SMARTS) is 1. The molecule has 0 saturated heterocycles. The lowest BCUT2D eigenvalue weighted by Crippen LogP contribution is -2.30. The summed E-state index contributed by atoms with van der Waals surface area (Å²) in [5.74, 6) is -0.426. The highest BCUT2D eigenvalue weighted by molar-refractivity contribution is 5.73. The van der Waals surface area contributed by atoms with E-state index in [1.54, 1.807) is 7.11 Å². The Morgan fingerprint density at radius 2 is 1.78 bits per heavy atom. The Labute approximate surface area is 137 Å². The number of methoxy groups -OCH3 is 1. The van der Waals surface area contributed by atoms with Crippen LogP contribution in [-0.2, 0) is 11.2 Å². The van der Waals surface area contributed by atoms with Crippen LogP contribution in [0.25, 0.3) is 11.1 Å². The van der Waals surface area contributed by atoms with Gasteiger partial charge < -0.3 is 9.84 Å². The van der Waals surface area contributed by atoms with Gasteiger partial charge in [0.15, 0.2) is 0 Å². The Morgan fingerprint density at radius 3 is 2.30 bits per heavy atom. The molecule has 0 aliphatic carbocycles. The molecule has 3 nitrogen and oxygen atoms in total. The topological polar surface area (TPSA) is 46.5 Å². The van der Waals surface area contributed by atoms with E-state index in [1.807, 2.05) is 69.3 Å². The molecule has 0 spiro atoms. The van der Waals surface area contributed by atoms with E-state index < -0.39 is 11.9 Å². The summed E-state index contributed by atoms with van der Waals surface area (Å²) in [6.07, 6.45) is 0.490. The second kappa shape index (κ2) is 6.86. The molecule has 3 heteroatoms. The lowest BCUT2D eigenvalue weighted by Gasteiger charge is -2.27.